The summed E-state index contributed by atoms with van der Waals surface area (Å²) in [5, 5.41) is 0. The lowest BCUT2D eigenvalue weighted by Crippen LogP contribution is -2.40. The van der Waals surface area contributed by atoms with Crippen molar-refractivity contribution in [1.82, 2.24) is 0 Å². The molecule has 2 rings (SSSR count). The van der Waals surface area contributed by atoms with Crippen LogP contribution in [0.4, 0.5) is 0 Å². The maximum atomic E-state index is 12.3. The van der Waals surface area contributed by atoms with Gasteiger partial charge in [-0.3, -0.25) is 9.59 Å². The molecule has 0 N–H and O–H groups in total. The van der Waals surface area contributed by atoms with Gasteiger partial charge < -0.3 is 23.7 Å². The minimum absolute atomic E-state index is 0.0570. The highest BCUT2D eigenvalue weighted by Gasteiger charge is 2.46. The molecule has 7 nitrogen and oxygen atoms in total. The lowest BCUT2D eigenvalue weighted by atomic mass is 9.73. The normalized spacial score (nSPS) is 18.8. The molecule has 0 aliphatic carbocycles. The maximum Gasteiger partial charge on any atom is 0.320 e. The van der Waals surface area contributed by atoms with Gasteiger partial charge in [-0.15, -0.1) is 0 Å². The smallest absolute Gasteiger partial charge is 0.320 e. The van der Waals surface area contributed by atoms with Crippen LogP contribution in [0.5, 0.6) is 11.5 Å². The summed E-state index contributed by atoms with van der Waals surface area (Å²) in [5.41, 5.74) is 0.623. The second-order valence-corrected chi connectivity index (χ2v) is 5.91. The van der Waals surface area contributed by atoms with Gasteiger partial charge in [0.15, 0.2) is 17.4 Å². The summed E-state index contributed by atoms with van der Waals surface area (Å²) in [7, 11) is 3.93. The number of fused-ring (bicyclic) bond motifs is 1. The van der Waals surface area contributed by atoms with Gasteiger partial charge in [-0.1, -0.05) is 12.1 Å². The first-order chi connectivity index (χ1) is 11.9. The Hall–Kier alpha value is -2.57. The fourth-order valence-electron chi connectivity index (χ4n) is 3.31. The molecule has 1 aromatic rings. The van der Waals surface area contributed by atoms with Crippen LogP contribution in [0.1, 0.15) is 24.8 Å². The molecule has 1 aromatic carbocycles. The molecule has 7 heteroatoms. The molecular weight excluding hydrogens is 328 g/mol. The van der Waals surface area contributed by atoms with E-state index < -0.39 is 23.8 Å². The average Bonchev–Trinajstić information content (AvgIpc) is 2.61. The molecule has 0 amide bonds. The maximum absolute atomic E-state index is 12.3. The number of carbonyl (C=O) groups excluding carboxylic acids is 3. The highest BCUT2D eigenvalue weighted by Crippen LogP contribution is 2.47. The zero-order valence-electron chi connectivity index (χ0n) is 14.7. The van der Waals surface area contributed by atoms with E-state index in [1.165, 1.54) is 28.3 Å². The Labute approximate surface area is 146 Å². The van der Waals surface area contributed by atoms with Gasteiger partial charge in [0.1, 0.15) is 5.78 Å². The molecular formula is C18H22O7. The van der Waals surface area contributed by atoms with E-state index in [2.05, 4.69) is 0 Å². The minimum Gasteiger partial charge on any atom is -0.493 e. The van der Waals surface area contributed by atoms with Crippen molar-refractivity contribution in [2.24, 2.45) is 11.8 Å². The molecule has 0 saturated carbocycles. The molecule has 136 valence electrons. The standard InChI is InChI=1S/C18H22O7/c1-10(19)8-11-9-25-16-12(6-5-7-13(16)22-2)14(11)15(17(20)23-3)18(21)24-4/h5-7,11,14-15H,8-9H2,1-4H3. The number of Topliss-reactive ketones (excluding diaryl/α,β-unsaturated/α-hetero) is 1. The first kappa shape index (κ1) is 18.8. The molecule has 2 unspecified atom stereocenters. The van der Waals surface area contributed by atoms with Gasteiger partial charge in [-0.25, -0.2) is 0 Å². The van der Waals surface area contributed by atoms with Crippen molar-refractivity contribution >= 4 is 17.7 Å². The van der Waals surface area contributed by atoms with Crippen molar-refractivity contribution in [2.45, 2.75) is 19.3 Å². The van der Waals surface area contributed by atoms with E-state index in [-0.39, 0.29) is 24.7 Å². The van der Waals surface area contributed by atoms with Crippen molar-refractivity contribution in [3.8, 4) is 11.5 Å². The fraction of sp³-hybridized carbons (Fsp3) is 0.500. The number of hydrogen-bond acceptors (Lipinski definition) is 7. The van der Waals surface area contributed by atoms with Crippen LogP contribution < -0.4 is 9.47 Å². The van der Waals surface area contributed by atoms with Crippen LogP contribution in [-0.2, 0) is 23.9 Å². The van der Waals surface area contributed by atoms with Crippen molar-refractivity contribution in [2.75, 3.05) is 27.9 Å². The number of hydrogen-bond donors (Lipinski definition) is 0. The molecule has 1 aliphatic heterocycles. The molecule has 0 bridgehead atoms. The average molecular weight is 350 g/mol. The number of ketones is 1. The van der Waals surface area contributed by atoms with Gasteiger partial charge in [0.05, 0.1) is 27.9 Å². The molecule has 1 heterocycles. The summed E-state index contributed by atoms with van der Waals surface area (Å²) in [5.74, 6) is -2.66. The molecule has 0 radical (unpaired) electrons. The largest absolute Gasteiger partial charge is 0.493 e. The quantitative estimate of drug-likeness (QED) is 0.570. The van der Waals surface area contributed by atoms with Crippen molar-refractivity contribution < 1.29 is 33.3 Å². The third kappa shape index (κ3) is 3.75. The topological polar surface area (TPSA) is 88.1 Å². The predicted octanol–water partition coefficient (Wildman–Crippen LogP) is 1.73. The van der Waals surface area contributed by atoms with Crippen molar-refractivity contribution in [3.63, 3.8) is 0 Å². The summed E-state index contributed by atoms with van der Waals surface area (Å²) in [6.45, 7) is 1.64. The summed E-state index contributed by atoms with van der Waals surface area (Å²) in [4.78, 5) is 36.3. The molecule has 1 aliphatic rings. The van der Waals surface area contributed by atoms with E-state index in [0.717, 1.165) is 0 Å². The summed E-state index contributed by atoms with van der Waals surface area (Å²) in [6.07, 6.45) is 0.172. The highest BCUT2D eigenvalue weighted by atomic mass is 16.5. The van der Waals surface area contributed by atoms with Gasteiger partial charge in [0, 0.05) is 23.8 Å². The molecule has 0 aromatic heterocycles. The zero-order valence-corrected chi connectivity index (χ0v) is 14.7. The number of rotatable bonds is 6. The highest BCUT2D eigenvalue weighted by molar-refractivity contribution is 5.96. The number of methoxy groups -OCH3 is 3. The Bertz CT molecular complexity index is 651. The molecule has 2 atom stereocenters. The van der Waals surface area contributed by atoms with Crippen LogP contribution in [-0.4, -0.2) is 45.7 Å². The van der Waals surface area contributed by atoms with Gasteiger partial charge >= 0.3 is 11.9 Å². The molecule has 0 spiro atoms. The third-order valence-corrected chi connectivity index (χ3v) is 4.36. The number of esters is 2. The van der Waals surface area contributed by atoms with Gasteiger partial charge in [-0.2, -0.15) is 0 Å². The van der Waals surface area contributed by atoms with Gasteiger partial charge in [0.2, 0.25) is 0 Å². The Morgan fingerprint density at radius 3 is 2.32 bits per heavy atom. The molecule has 0 fully saturated rings. The van der Waals surface area contributed by atoms with Crippen molar-refractivity contribution in [1.29, 1.82) is 0 Å². The minimum atomic E-state index is -1.19. The Morgan fingerprint density at radius 1 is 1.16 bits per heavy atom. The monoisotopic (exact) mass is 350 g/mol. The number of carbonyl (C=O) groups is 3. The molecule has 25 heavy (non-hydrogen) atoms. The number of ether oxygens (including phenoxy) is 4. The van der Waals surface area contributed by atoms with E-state index in [0.29, 0.717) is 17.1 Å². The van der Waals surface area contributed by atoms with Gasteiger partial charge in [-0.05, 0) is 13.0 Å². The summed E-state index contributed by atoms with van der Waals surface area (Å²) >= 11 is 0. The van der Waals surface area contributed by atoms with Crippen LogP contribution in [0, 0.1) is 11.8 Å². The Kier molecular flexibility index (Phi) is 6.01. The van der Waals surface area contributed by atoms with Crippen LogP contribution in [0.15, 0.2) is 18.2 Å². The van der Waals surface area contributed by atoms with E-state index in [1.54, 1.807) is 18.2 Å². The van der Waals surface area contributed by atoms with Crippen LogP contribution in [0.2, 0.25) is 0 Å². The first-order valence-corrected chi connectivity index (χ1v) is 7.89. The Morgan fingerprint density at radius 2 is 1.80 bits per heavy atom. The van der Waals surface area contributed by atoms with Gasteiger partial charge in [0.25, 0.3) is 0 Å². The van der Waals surface area contributed by atoms with Crippen LogP contribution in [0.3, 0.4) is 0 Å². The molecule has 0 saturated heterocycles. The van der Waals surface area contributed by atoms with E-state index in [9.17, 15) is 14.4 Å². The van der Waals surface area contributed by atoms with E-state index in [1.807, 2.05) is 0 Å². The third-order valence-electron chi connectivity index (χ3n) is 4.36. The summed E-state index contributed by atoms with van der Waals surface area (Å²) < 4.78 is 20.7. The second-order valence-electron chi connectivity index (χ2n) is 5.91. The lowest BCUT2D eigenvalue weighted by Gasteiger charge is -2.36. The van der Waals surface area contributed by atoms with E-state index >= 15 is 0 Å². The lowest BCUT2D eigenvalue weighted by molar-refractivity contribution is -0.161. The van der Waals surface area contributed by atoms with Crippen molar-refractivity contribution in [3.05, 3.63) is 23.8 Å². The van der Waals surface area contributed by atoms with E-state index in [4.69, 9.17) is 18.9 Å². The zero-order chi connectivity index (χ0) is 18.6. The number of benzene rings is 1. The summed E-state index contributed by atoms with van der Waals surface area (Å²) in [6, 6.07) is 5.23. The SMILES string of the molecule is COC(=O)C(C(=O)OC)C1c2cccc(OC)c2OCC1CC(C)=O. The second kappa shape index (κ2) is 8.00. The van der Waals surface area contributed by atoms with Crippen LogP contribution in [0.25, 0.3) is 0 Å². The number of para-hydroxylation sites is 1. The first-order valence-electron chi connectivity index (χ1n) is 7.89. The predicted molar refractivity (Wildman–Crippen MR) is 87.5 cm³/mol. The fourth-order valence-corrected chi connectivity index (χ4v) is 3.31. The van der Waals surface area contributed by atoms with Crippen LogP contribution >= 0.6 is 0 Å². The Balaban J connectivity index is 2.59.